The highest BCUT2D eigenvalue weighted by atomic mass is 32.2. The molecule has 1 saturated heterocycles. The van der Waals surface area contributed by atoms with E-state index in [0.717, 1.165) is 43.3 Å². The number of rotatable bonds is 6. The van der Waals surface area contributed by atoms with E-state index < -0.39 is 0 Å². The first kappa shape index (κ1) is 16.3. The zero-order valence-corrected chi connectivity index (χ0v) is 13.6. The molecular formula is C15H21N3OS2. The van der Waals surface area contributed by atoms with Gasteiger partial charge in [0.15, 0.2) is 0 Å². The predicted octanol–water partition coefficient (Wildman–Crippen LogP) is 3.34. The molecule has 1 heterocycles. The maximum Gasteiger partial charge on any atom is 0.108 e. The normalized spacial score (nSPS) is 16.9. The number of piperazine rings is 1. The van der Waals surface area contributed by atoms with E-state index in [4.69, 9.17) is 4.55 Å². The largest absolute Gasteiger partial charge is 0.369 e. The predicted molar refractivity (Wildman–Crippen MR) is 96.2 cm³/mol. The molecule has 21 heavy (non-hydrogen) atoms. The minimum atomic E-state index is 0.616. The Kier molecular flexibility index (Phi) is 6.50. The van der Waals surface area contributed by atoms with Gasteiger partial charge in [-0.15, -0.1) is 12.6 Å². The fourth-order valence-electron chi connectivity index (χ4n) is 2.38. The lowest BCUT2D eigenvalue weighted by molar-refractivity contribution is 0.282. The minimum Gasteiger partial charge on any atom is -0.369 e. The average Bonchev–Trinajstić information content (AvgIpc) is 2.49. The molecule has 2 N–H and O–H groups in total. The van der Waals surface area contributed by atoms with E-state index in [1.807, 2.05) is 18.2 Å². The van der Waals surface area contributed by atoms with Crippen LogP contribution in [0.25, 0.3) is 0 Å². The molecule has 0 radical (unpaired) electrons. The molecule has 0 amide bonds. The highest BCUT2D eigenvalue weighted by Crippen LogP contribution is 2.21. The third-order valence-electron chi connectivity index (χ3n) is 3.46. The zero-order chi connectivity index (χ0) is 15.1. The first-order valence-corrected chi connectivity index (χ1v) is 8.09. The number of hydrogen-bond acceptors (Lipinski definition) is 6. The molecular weight excluding hydrogens is 302 g/mol. The molecule has 114 valence electrons. The molecule has 0 unspecified atom stereocenters. The van der Waals surface area contributed by atoms with Gasteiger partial charge in [-0.1, -0.05) is 18.7 Å². The van der Waals surface area contributed by atoms with Gasteiger partial charge >= 0.3 is 0 Å². The Hall–Kier alpha value is -1.08. The Morgan fingerprint density at radius 1 is 1.29 bits per heavy atom. The Morgan fingerprint density at radius 2 is 1.95 bits per heavy atom. The molecule has 4 nitrogen and oxygen atoms in total. The molecule has 2 rings (SSSR count). The molecule has 1 aliphatic rings. The maximum absolute atomic E-state index is 8.75. The van der Waals surface area contributed by atoms with Gasteiger partial charge in [-0.05, 0) is 29.2 Å². The second kappa shape index (κ2) is 8.38. The summed E-state index contributed by atoms with van der Waals surface area (Å²) in [6.07, 6.45) is 3.72. The van der Waals surface area contributed by atoms with Crippen LogP contribution in [0.2, 0.25) is 0 Å². The lowest BCUT2D eigenvalue weighted by Crippen LogP contribution is -2.46. The maximum atomic E-state index is 8.75. The topological polar surface area (TPSA) is 38.7 Å². The van der Waals surface area contributed by atoms with Crippen molar-refractivity contribution in [2.24, 2.45) is 0 Å². The molecule has 0 aromatic heterocycles. The SMILES string of the molecule is C=C/C=C(\S)CN1CCN(c2ccc(NSO)cc2)CC1. The monoisotopic (exact) mass is 323 g/mol. The molecule has 6 heteroatoms. The van der Waals surface area contributed by atoms with Crippen molar-refractivity contribution in [3.8, 4) is 0 Å². The van der Waals surface area contributed by atoms with Crippen LogP contribution in [0.1, 0.15) is 0 Å². The van der Waals surface area contributed by atoms with Crippen LogP contribution < -0.4 is 9.62 Å². The van der Waals surface area contributed by atoms with Crippen LogP contribution in [0, 0.1) is 0 Å². The zero-order valence-electron chi connectivity index (χ0n) is 11.9. The highest BCUT2D eigenvalue weighted by molar-refractivity contribution is 7.95. The Bertz CT molecular complexity index is 482. The van der Waals surface area contributed by atoms with Crippen LogP contribution in [0.15, 0.2) is 47.9 Å². The molecule has 1 fully saturated rings. The van der Waals surface area contributed by atoms with Crippen molar-refractivity contribution in [2.75, 3.05) is 42.3 Å². The van der Waals surface area contributed by atoms with Crippen LogP contribution >= 0.6 is 24.9 Å². The summed E-state index contributed by atoms with van der Waals surface area (Å²) in [5, 5.41) is 0. The summed E-state index contributed by atoms with van der Waals surface area (Å²) in [5.74, 6) is 0. The van der Waals surface area contributed by atoms with E-state index in [2.05, 4.69) is 45.9 Å². The molecule has 0 aliphatic carbocycles. The van der Waals surface area contributed by atoms with Crippen LogP contribution in [-0.2, 0) is 0 Å². The van der Waals surface area contributed by atoms with Crippen molar-refractivity contribution in [1.29, 1.82) is 0 Å². The molecule has 0 spiro atoms. The van der Waals surface area contributed by atoms with Gasteiger partial charge in [-0.2, -0.15) is 0 Å². The first-order valence-electron chi connectivity index (χ1n) is 6.87. The molecule has 1 aromatic rings. The Morgan fingerprint density at radius 3 is 2.52 bits per heavy atom. The van der Waals surface area contributed by atoms with Gasteiger partial charge in [0.1, 0.15) is 12.2 Å². The Labute approximate surface area is 136 Å². The van der Waals surface area contributed by atoms with E-state index in [1.165, 1.54) is 5.69 Å². The van der Waals surface area contributed by atoms with Crippen molar-refractivity contribution in [3.63, 3.8) is 0 Å². The average molecular weight is 323 g/mol. The van der Waals surface area contributed by atoms with Gasteiger partial charge in [0.25, 0.3) is 0 Å². The summed E-state index contributed by atoms with van der Waals surface area (Å²) < 4.78 is 11.6. The van der Waals surface area contributed by atoms with Gasteiger partial charge in [0.2, 0.25) is 0 Å². The summed E-state index contributed by atoms with van der Waals surface area (Å²) in [7, 11) is 0. The number of anilines is 2. The van der Waals surface area contributed by atoms with E-state index in [-0.39, 0.29) is 0 Å². The fraction of sp³-hybridized carbons (Fsp3) is 0.333. The summed E-state index contributed by atoms with van der Waals surface area (Å²) in [6.45, 7) is 8.66. The van der Waals surface area contributed by atoms with Crippen LogP contribution in [0.3, 0.4) is 0 Å². The molecule has 0 saturated carbocycles. The Balaban J connectivity index is 1.85. The third kappa shape index (κ3) is 5.00. The van der Waals surface area contributed by atoms with Crippen molar-refractivity contribution >= 4 is 36.2 Å². The van der Waals surface area contributed by atoms with Crippen molar-refractivity contribution in [3.05, 3.63) is 47.9 Å². The highest BCUT2D eigenvalue weighted by Gasteiger charge is 2.17. The number of thiol groups is 1. The molecule has 0 bridgehead atoms. The van der Waals surface area contributed by atoms with E-state index in [0.29, 0.717) is 12.2 Å². The summed E-state index contributed by atoms with van der Waals surface area (Å²) in [6, 6.07) is 8.11. The minimum absolute atomic E-state index is 0.616. The quantitative estimate of drug-likeness (QED) is 0.324. The van der Waals surface area contributed by atoms with Gasteiger partial charge in [-0.25, -0.2) is 0 Å². The van der Waals surface area contributed by atoms with E-state index in [9.17, 15) is 0 Å². The van der Waals surface area contributed by atoms with Crippen LogP contribution in [0.4, 0.5) is 11.4 Å². The first-order chi connectivity index (χ1) is 10.2. The van der Waals surface area contributed by atoms with Gasteiger partial charge < -0.3 is 14.2 Å². The number of nitrogens with zero attached hydrogens (tertiary/aromatic N) is 2. The van der Waals surface area contributed by atoms with Crippen LogP contribution in [-0.4, -0.2) is 42.2 Å². The number of nitrogens with one attached hydrogen (secondary N) is 1. The number of hydrogen-bond donors (Lipinski definition) is 3. The number of benzene rings is 1. The smallest absolute Gasteiger partial charge is 0.108 e. The molecule has 1 aromatic carbocycles. The second-order valence-electron chi connectivity index (χ2n) is 4.90. The van der Waals surface area contributed by atoms with Crippen LogP contribution in [0.5, 0.6) is 0 Å². The summed E-state index contributed by atoms with van der Waals surface area (Å²) in [4.78, 5) is 5.83. The van der Waals surface area contributed by atoms with Gasteiger partial charge in [0, 0.05) is 44.1 Å². The van der Waals surface area contributed by atoms with Gasteiger partial charge in [-0.3, -0.25) is 4.90 Å². The molecule has 0 atom stereocenters. The fourth-order valence-corrected chi connectivity index (χ4v) is 2.92. The lowest BCUT2D eigenvalue weighted by Gasteiger charge is -2.36. The van der Waals surface area contributed by atoms with Crippen molar-refractivity contribution in [1.82, 2.24) is 4.90 Å². The second-order valence-corrected chi connectivity index (χ2v) is 5.86. The summed E-state index contributed by atoms with van der Waals surface area (Å²) in [5.41, 5.74) is 2.12. The standard InChI is InChI=1S/C15H21N3OS2/c1-2-3-15(20)12-17-8-10-18(11-9-17)14-6-4-13(5-7-14)16-21-19/h2-7,16,19-20H,1,8-12H2/b15-3-. The van der Waals surface area contributed by atoms with Gasteiger partial charge in [0.05, 0.1) is 0 Å². The van der Waals surface area contributed by atoms with E-state index in [1.54, 1.807) is 6.08 Å². The van der Waals surface area contributed by atoms with Crippen molar-refractivity contribution in [2.45, 2.75) is 0 Å². The van der Waals surface area contributed by atoms with E-state index >= 15 is 0 Å². The molecule has 1 aliphatic heterocycles. The number of allylic oxidation sites excluding steroid dienone is 2. The van der Waals surface area contributed by atoms with Crippen molar-refractivity contribution < 1.29 is 4.55 Å². The third-order valence-corrected chi connectivity index (χ3v) is 4.08. The lowest BCUT2D eigenvalue weighted by atomic mass is 10.2. The summed E-state index contributed by atoms with van der Waals surface area (Å²) >= 11 is 5.07.